The van der Waals surface area contributed by atoms with Gasteiger partial charge in [0.2, 0.25) is 0 Å². The lowest BCUT2D eigenvalue weighted by molar-refractivity contribution is 0.588. The second-order valence-electron chi connectivity index (χ2n) is 8.32. The first kappa shape index (κ1) is 20.2. The van der Waals surface area contributed by atoms with E-state index in [1.165, 1.54) is 0 Å². The van der Waals surface area contributed by atoms with Crippen LogP contribution in [0, 0.1) is 6.92 Å². The van der Waals surface area contributed by atoms with Crippen LogP contribution in [-0.4, -0.2) is 39.5 Å². The molecule has 0 spiro atoms. The Balaban J connectivity index is 1.61. The monoisotopic (exact) mass is 449 g/mol. The highest BCUT2D eigenvalue weighted by atomic mass is 15.4. The van der Waals surface area contributed by atoms with Gasteiger partial charge >= 0.3 is 0 Å². The molecule has 0 unspecified atom stereocenters. The number of benzene rings is 1. The Labute approximate surface area is 196 Å². The molecule has 168 valence electrons. The van der Waals surface area contributed by atoms with E-state index in [1.807, 2.05) is 61.4 Å². The van der Waals surface area contributed by atoms with E-state index in [0.717, 1.165) is 51.8 Å². The molecule has 0 radical (unpaired) electrons. The van der Waals surface area contributed by atoms with Crippen molar-refractivity contribution in [2.24, 2.45) is 7.05 Å². The van der Waals surface area contributed by atoms with Gasteiger partial charge in [-0.1, -0.05) is 37.3 Å². The van der Waals surface area contributed by atoms with Crippen molar-refractivity contribution in [3.05, 3.63) is 79.0 Å². The summed E-state index contributed by atoms with van der Waals surface area (Å²) in [7, 11) is 1.91. The molecule has 9 heteroatoms. The third-order valence-corrected chi connectivity index (χ3v) is 6.20. The maximum Gasteiger partial charge on any atom is 0.162 e. The molecule has 0 N–H and O–H groups in total. The highest BCUT2D eigenvalue weighted by molar-refractivity contribution is 5.82. The van der Waals surface area contributed by atoms with Gasteiger partial charge in [0.05, 0.1) is 23.6 Å². The summed E-state index contributed by atoms with van der Waals surface area (Å²) in [5.41, 5.74) is 5.67. The van der Waals surface area contributed by atoms with E-state index in [0.29, 0.717) is 5.82 Å². The van der Waals surface area contributed by atoms with Crippen molar-refractivity contribution < 1.29 is 0 Å². The minimum absolute atomic E-state index is 0.0348. The number of hydrogen-bond acceptors (Lipinski definition) is 7. The fourth-order valence-electron chi connectivity index (χ4n) is 4.67. The number of rotatable bonds is 4. The Morgan fingerprint density at radius 2 is 1.85 bits per heavy atom. The average molecular weight is 450 g/mol. The quantitative estimate of drug-likeness (QED) is 0.401. The Hall–Kier alpha value is -4.40. The number of anilines is 2. The zero-order valence-electron chi connectivity index (χ0n) is 19.2. The van der Waals surface area contributed by atoms with Crippen LogP contribution in [0.3, 0.4) is 0 Å². The van der Waals surface area contributed by atoms with Crippen LogP contribution < -0.4 is 4.90 Å². The molecule has 4 aromatic heterocycles. The highest BCUT2D eigenvalue weighted by Crippen LogP contribution is 2.44. The lowest BCUT2D eigenvalue weighted by Gasteiger charge is -2.36. The van der Waals surface area contributed by atoms with Crippen molar-refractivity contribution >= 4 is 11.5 Å². The van der Waals surface area contributed by atoms with Crippen molar-refractivity contribution in [1.29, 1.82) is 0 Å². The second kappa shape index (κ2) is 7.87. The van der Waals surface area contributed by atoms with Gasteiger partial charge in [0.25, 0.3) is 0 Å². The van der Waals surface area contributed by atoms with Gasteiger partial charge in [0, 0.05) is 36.8 Å². The van der Waals surface area contributed by atoms with Crippen LogP contribution in [0.1, 0.15) is 30.9 Å². The molecule has 5 aromatic rings. The molecule has 5 heterocycles. The standard InChI is InChI=1S/C25H23N9/c1-4-21-24-31-27-15-33(24)22-16(2)29-23(30-25(22)34(21)18-12-28-32(3)14-18)19-10-11-26-13-20(19)17-8-6-5-7-9-17/h5-15,21H,4H2,1-3H3/t21-/m1/s1. The van der Waals surface area contributed by atoms with Crippen molar-refractivity contribution in [3.8, 4) is 28.2 Å². The van der Waals surface area contributed by atoms with E-state index in [2.05, 4.69) is 44.2 Å². The second-order valence-corrected chi connectivity index (χ2v) is 8.32. The highest BCUT2D eigenvalue weighted by Gasteiger charge is 2.36. The van der Waals surface area contributed by atoms with Gasteiger partial charge in [-0.05, 0) is 25.0 Å². The van der Waals surface area contributed by atoms with Crippen LogP contribution in [0.25, 0.3) is 28.2 Å². The molecule has 1 aliphatic rings. The van der Waals surface area contributed by atoms with Crippen molar-refractivity contribution in [2.75, 3.05) is 4.90 Å². The zero-order chi connectivity index (χ0) is 23.2. The molecule has 1 aromatic carbocycles. The predicted molar refractivity (Wildman–Crippen MR) is 129 cm³/mol. The minimum atomic E-state index is -0.0348. The van der Waals surface area contributed by atoms with E-state index in [9.17, 15) is 0 Å². The summed E-state index contributed by atoms with van der Waals surface area (Å²) in [6, 6.07) is 12.1. The van der Waals surface area contributed by atoms with Gasteiger partial charge in [0.15, 0.2) is 17.5 Å². The summed E-state index contributed by atoms with van der Waals surface area (Å²) in [6.45, 7) is 4.15. The molecule has 1 aliphatic heterocycles. The van der Waals surface area contributed by atoms with E-state index in [1.54, 1.807) is 17.2 Å². The summed E-state index contributed by atoms with van der Waals surface area (Å²) < 4.78 is 3.81. The molecular weight excluding hydrogens is 426 g/mol. The van der Waals surface area contributed by atoms with Gasteiger partial charge in [-0.3, -0.25) is 14.2 Å². The normalized spacial score (nSPS) is 14.7. The maximum absolute atomic E-state index is 5.15. The molecule has 1 atom stereocenters. The lowest BCUT2D eigenvalue weighted by atomic mass is 10.0. The molecule has 6 rings (SSSR count). The summed E-state index contributed by atoms with van der Waals surface area (Å²) in [5.74, 6) is 2.33. The SMILES string of the molecule is CC[C@@H]1c2nncn2-c2c(C)nc(-c3ccncc3-c3ccccc3)nc2N1c1cnn(C)c1. The topological polar surface area (TPSA) is 90.4 Å². The number of pyridine rings is 1. The number of nitrogens with zero attached hydrogens (tertiary/aromatic N) is 9. The Morgan fingerprint density at radius 1 is 1.00 bits per heavy atom. The molecule has 34 heavy (non-hydrogen) atoms. The van der Waals surface area contributed by atoms with Crippen molar-refractivity contribution in [1.82, 2.24) is 39.5 Å². The van der Waals surface area contributed by atoms with Crippen LogP contribution in [0.2, 0.25) is 0 Å². The first-order chi connectivity index (χ1) is 16.7. The van der Waals surface area contributed by atoms with Crippen molar-refractivity contribution in [3.63, 3.8) is 0 Å². The first-order valence-electron chi connectivity index (χ1n) is 11.2. The number of fused-ring (bicyclic) bond motifs is 3. The summed E-state index contributed by atoms with van der Waals surface area (Å²) in [5, 5.41) is 13.1. The lowest BCUT2D eigenvalue weighted by Crippen LogP contribution is -2.32. The fourth-order valence-corrected chi connectivity index (χ4v) is 4.67. The largest absolute Gasteiger partial charge is 0.311 e. The smallest absolute Gasteiger partial charge is 0.162 e. The van der Waals surface area contributed by atoms with E-state index in [-0.39, 0.29) is 6.04 Å². The third kappa shape index (κ3) is 3.08. The number of aryl methyl sites for hydroxylation is 2. The van der Waals surface area contributed by atoms with Crippen molar-refractivity contribution in [2.45, 2.75) is 26.3 Å². The maximum atomic E-state index is 5.15. The molecule has 0 saturated heterocycles. The van der Waals surface area contributed by atoms with Crippen LogP contribution in [-0.2, 0) is 7.05 Å². The third-order valence-electron chi connectivity index (χ3n) is 6.20. The van der Waals surface area contributed by atoms with Gasteiger partial charge in [-0.25, -0.2) is 9.97 Å². The fraction of sp³-hybridized carbons (Fsp3) is 0.200. The molecule has 0 bridgehead atoms. The van der Waals surface area contributed by atoms with E-state index < -0.39 is 0 Å². The van der Waals surface area contributed by atoms with Gasteiger partial charge in [-0.15, -0.1) is 10.2 Å². The summed E-state index contributed by atoms with van der Waals surface area (Å²) in [6.07, 6.45) is 10.1. The van der Waals surface area contributed by atoms with E-state index >= 15 is 0 Å². The minimum Gasteiger partial charge on any atom is -0.311 e. The summed E-state index contributed by atoms with van der Waals surface area (Å²) >= 11 is 0. The van der Waals surface area contributed by atoms with Crippen LogP contribution in [0.5, 0.6) is 0 Å². The summed E-state index contributed by atoms with van der Waals surface area (Å²) in [4.78, 5) is 16.7. The molecule has 0 saturated carbocycles. The van der Waals surface area contributed by atoms with Crippen LogP contribution >= 0.6 is 0 Å². The number of aromatic nitrogens is 8. The van der Waals surface area contributed by atoms with Gasteiger partial charge < -0.3 is 4.90 Å². The van der Waals surface area contributed by atoms with Crippen LogP contribution in [0.4, 0.5) is 11.5 Å². The molecule has 9 nitrogen and oxygen atoms in total. The first-order valence-corrected chi connectivity index (χ1v) is 11.2. The van der Waals surface area contributed by atoms with Crippen LogP contribution in [0.15, 0.2) is 67.5 Å². The Kier molecular flexibility index (Phi) is 4.68. The van der Waals surface area contributed by atoms with Gasteiger partial charge in [-0.2, -0.15) is 5.10 Å². The van der Waals surface area contributed by atoms with E-state index in [4.69, 9.17) is 9.97 Å². The average Bonchev–Trinajstić information content (AvgIpc) is 3.52. The molecule has 0 fully saturated rings. The predicted octanol–water partition coefficient (Wildman–Crippen LogP) is 4.43. The molecule has 0 aliphatic carbocycles. The molecule has 0 amide bonds. The Bertz CT molecular complexity index is 1490. The number of hydrogen-bond donors (Lipinski definition) is 0. The Morgan fingerprint density at radius 3 is 2.62 bits per heavy atom. The zero-order valence-corrected chi connectivity index (χ0v) is 19.2. The molecular formula is C25H23N9. The van der Waals surface area contributed by atoms with Gasteiger partial charge in [0.1, 0.15) is 12.0 Å².